The van der Waals surface area contributed by atoms with Crippen LogP contribution in [0, 0.1) is 0 Å². The molecule has 0 spiro atoms. The van der Waals surface area contributed by atoms with E-state index in [-0.39, 0.29) is 11.2 Å². The predicted octanol–water partition coefficient (Wildman–Crippen LogP) is 5.43. The minimum Gasteiger partial charge on any atom is -0.289 e. The molecule has 0 saturated heterocycles. The van der Waals surface area contributed by atoms with Gasteiger partial charge in [-0.15, -0.1) is 11.3 Å². The molecule has 1 aromatic heterocycles. The minimum atomic E-state index is 0.105. The zero-order valence-electron chi connectivity index (χ0n) is 12.5. The highest BCUT2D eigenvalue weighted by Gasteiger charge is 2.16. The maximum atomic E-state index is 12.7. The fraction of sp³-hybridized carbons (Fsp3) is 0.211. The summed E-state index contributed by atoms with van der Waals surface area (Å²) in [4.78, 5) is 12.7. The van der Waals surface area contributed by atoms with Crippen LogP contribution in [0.4, 0.5) is 0 Å². The van der Waals surface area contributed by atoms with Gasteiger partial charge in [0, 0.05) is 26.6 Å². The van der Waals surface area contributed by atoms with E-state index < -0.39 is 0 Å². The third-order valence-corrected chi connectivity index (χ3v) is 4.70. The number of thiophene rings is 1. The van der Waals surface area contributed by atoms with Crippen LogP contribution in [0.5, 0.6) is 0 Å². The van der Waals surface area contributed by atoms with Crippen LogP contribution in [0.2, 0.25) is 0 Å². The van der Waals surface area contributed by atoms with Crippen molar-refractivity contribution in [3.63, 3.8) is 0 Å². The molecule has 0 bridgehead atoms. The third kappa shape index (κ3) is 2.64. The van der Waals surface area contributed by atoms with E-state index in [1.807, 2.05) is 35.7 Å². The lowest BCUT2D eigenvalue weighted by Crippen LogP contribution is -2.11. The van der Waals surface area contributed by atoms with Gasteiger partial charge in [-0.05, 0) is 17.0 Å². The van der Waals surface area contributed by atoms with E-state index in [0.717, 1.165) is 21.2 Å². The summed E-state index contributed by atoms with van der Waals surface area (Å²) in [5.74, 6) is 0.105. The quantitative estimate of drug-likeness (QED) is 0.576. The second-order valence-electron chi connectivity index (χ2n) is 6.30. The van der Waals surface area contributed by atoms with Gasteiger partial charge < -0.3 is 0 Å². The zero-order valence-corrected chi connectivity index (χ0v) is 13.3. The molecule has 1 nitrogen and oxygen atoms in total. The summed E-state index contributed by atoms with van der Waals surface area (Å²) in [5, 5.41) is 3.01. The molecule has 0 N–H and O–H groups in total. The van der Waals surface area contributed by atoms with Crippen molar-refractivity contribution in [3.8, 4) is 0 Å². The number of fused-ring (bicyclic) bond motifs is 1. The highest BCUT2D eigenvalue weighted by Crippen LogP contribution is 2.28. The first kappa shape index (κ1) is 14.0. The summed E-state index contributed by atoms with van der Waals surface area (Å²) in [6.45, 7) is 6.53. The highest BCUT2D eigenvalue weighted by molar-refractivity contribution is 7.17. The molecule has 0 radical (unpaired) electrons. The molecule has 21 heavy (non-hydrogen) atoms. The third-order valence-electron chi connectivity index (χ3n) is 3.74. The molecule has 0 aliphatic rings. The molecule has 3 aromatic rings. The van der Waals surface area contributed by atoms with Crippen LogP contribution in [0.1, 0.15) is 42.3 Å². The lowest BCUT2D eigenvalue weighted by molar-refractivity contribution is 0.104. The van der Waals surface area contributed by atoms with E-state index in [9.17, 15) is 4.79 Å². The molecule has 0 saturated carbocycles. The van der Waals surface area contributed by atoms with Crippen LogP contribution in [-0.2, 0) is 5.41 Å². The van der Waals surface area contributed by atoms with E-state index in [2.05, 4.69) is 39.0 Å². The van der Waals surface area contributed by atoms with Gasteiger partial charge >= 0.3 is 0 Å². The average Bonchev–Trinajstić information content (AvgIpc) is 2.90. The predicted molar refractivity (Wildman–Crippen MR) is 90.4 cm³/mol. The Kier molecular flexibility index (Phi) is 3.42. The Balaban J connectivity index is 1.99. The van der Waals surface area contributed by atoms with Crippen molar-refractivity contribution in [3.05, 3.63) is 70.6 Å². The smallest absolute Gasteiger partial charge is 0.194 e. The summed E-state index contributed by atoms with van der Waals surface area (Å²) in [6, 6.07) is 16.1. The van der Waals surface area contributed by atoms with Gasteiger partial charge in [0.2, 0.25) is 0 Å². The number of rotatable bonds is 2. The van der Waals surface area contributed by atoms with E-state index in [4.69, 9.17) is 0 Å². The summed E-state index contributed by atoms with van der Waals surface area (Å²) in [5.41, 5.74) is 2.91. The Morgan fingerprint density at radius 3 is 2.29 bits per heavy atom. The lowest BCUT2D eigenvalue weighted by atomic mass is 9.86. The van der Waals surface area contributed by atoms with Crippen LogP contribution in [0.3, 0.4) is 0 Å². The van der Waals surface area contributed by atoms with Crippen molar-refractivity contribution in [2.24, 2.45) is 0 Å². The molecular weight excluding hydrogens is 276 g/mol. The molecule has 2 aromatic carbocycles. The van der Waals surface area contributed by atoms with Gasteiger partial charge in [-0.1, -0.05) is 63.2 Å². The first-order valence-electron chi connectivity index (χ1n) is 7.08. The SMILES string of the molecule is CC(C)(C)c1ccc(C(=O)c2csc3ccccc23)cc1. The Morgan fingerprint density at radius 2 is 1.62 bits per heavy atom. The second-order valence-corrected chi connectivity index (χ2v) is 7.21. The Morgan fingerprint density at radius 1 is 0.952 bits per heavy atom. The molecular formula is C19H18OS. The molecule has 2 heteroatoms. The monoisotopic (exact) mass is 294 g/mol. The van der Waals surface area contributed by atoms with Crippen molar-refractivity contribution >= 4 is 27.2 Å². The van der Waals surface area contributed by atoms with Gasteiger partial charge in [0.1, 0.15) is 0 Å². The Hall–Kier alpha value is -1.93. The van der Waals surface area contributed by atoms with Crippen LogP contribution < -0.4 is 0 Å². The van der Waals surface area contributed by atoms with Crippen molar-refractivity contribution in [2.45, 2.75) is 26.2 Å². The molecule has 106 valence electrons. The van der Waals surface area contributed by atoms with Crippen LogP contribution >= 0.6 is 11.3 Å². The maximum Gasteiger partial charge on any atom is 0.194 e. The van der Waals surface area contributed by atoms with Crippen LogP contribution in [0.15, 0.2) is 53.9 Å². The van der Waals surface area contributed by atoms with Gasteiger partial charge in [0.05, 0.1) is 0 Å². The van der Waals surface area contributed by atoms with Gasteiger partial charge in [-0.2, -0.15) is 0 Å². The van der Waals surface area contributed by atoms with Crippen molar-refractivity contribution in [2.75, 3.05) is 0 Å². The van der Waals surface area contributed by atoms with E-state index >= 15 is 0 Å². The number of carbonyl (C=O) groups excluding carboxylic acids is 1. The molecule has 1 heterocycles. The zero-order chi connectivity index (χ0) is 15.0. The molecule has 0 fully saturated rings. The number of hydrogen-bond acceptors (Lipinski definition) is 2. The first-order chi connectivity index (χ1) is 9.97. The molecule has 0 atom stereocenters. The van der Waals surface area contributed by atoms with Gasteiger partial charge in [-0.3, -0.25) is 4.79 Å². The number of benzene rings is 2. The van der Waals surface area contributed by atoms with E-state index in [1.165, 1.54) is 5.56 Å². The molecule has 0 aliphatic heterocycles. The fourth-order valence-electron chi connectivity index (χ4n) is 2.43. The van der Waals surface area contributed by atoms with Gasteiger partial charge in [-0.25, -0.2) is 0 Å². The van der Waals surface area contributed by atoms with E-state index in [1.54, 1.807) is 11.3 Å². The molecule has 0 amide bonds. The van der Waals surface area contributed by atoms with Crippen LogP contribution in [0.25, 0.3) is 10.1 Å². The average molecular weight is 294 g/mol. The summed E-state index contributed by atoms with van der Waals surface area (Å²) in [7, 11) is 0. The number of ketones is 1. The normalized spacial score (nSPS) is 11.8. The Labute approximate surface area is 129 Å². The van der Waals surface area contributed by atoms with Crippen LogP contribution in [-0.4, -0.2) is 5.78 Å². The standard InChI is InChI=1S/C19H18OS/c1-19(2,3)14-10-8-13(9-11-14)18(20)16-12-21-17-7-5-4-6-15(16)17/h4-12H,1-3H3. The first-order valence-corrected chi connectivity index (χ1v) is 7.96. The molecule has 0 unspecified atom stereocenters. The number of hydrogen-bond donors (Lipinski definition) is 0. The largest absolute Gasteiger partial charge is 0.289 e. The fourth-order valence-corrected chi connectivity index (χ4v) is 3.37. The maximum absolute atomic E-state index is 12.7. The van der Waals surface area contributed by atoms with Gasteiger partial charge in [0.25, 0.3) is 0 Å². The van der Waals surface area contributed by atoms with Crippen molar-refractivity contribution in [1.29, 1.82) is 0 Å². The summed E-state index contributed by atoms with van der Waals surface area (Å²) >= 11 is 1.62. The highest BCUT2D eigenvalue weighted by atomic mass is 32.1. The van der Waals surface area contributed by atoms with Crippen molar-refractivity contribution in [1.82, 2.24) is 0 Å². The Bertz CT molecular complexity index is 788. The lowest BCUT2D eigenvalue weighted by Gasteiger charge is -2.18. The minimum absolute atomic E-state index is 0.105. The van der Waals surface area contributed by atoms with E-state index in [0.29, 0.717) is 0 Å². The van der Waals surface area contributed by atoms with Crippen molar-refractivity contribution < 1.29 is 4.79 Å². The second kappa shape index (κ2) is 5.12. The molecule has 0 aliphatic carbocycles. The summed E-state index contributed by atoms with van der Waals surface area (Å²) < 4.78 is 1.16. The van der Waals surface area contributed by atoms with Gasteiger partial charge in [0.15, 0.2) is 5.78 Å². The number of carbonyl (C=O) groups is 1. The topological polar surface area (TPSA) is 17.1 Å². The molecule has 3 rings (SSSR count). The summed E-state index contributed by atoms with van der Waals surface area (Å²) in [6.07, 6.45) is 0.